The minimum atomic E-state index is -2.02. The second kappa shape index (κ2) is 10.7. The van der Waals surface area contributed by atoms with Crippen molar-refractivity contribution in [3.8, 4) is 0 Å². The third kappa shape index (κ3) is 4.56. The van der Waals surface area contributed by atoms with Gasteiger partial charge in [0, 0.05) is 28.7 Å². The summed E-state index contributed by atoms with van der Waals surface area (Å²) >= 11 is 0. The van der Waals surface area contributed by atoms with E-state index in [9.17, 15) is 26.7 Å². The Balaban J connectivity index is 1.59. The first-order valence-corrected chi connectivity index (χ1v) is 13.3. The van der Waals surface area contributed by atoms with Crippen LogP contribution in [0.25, 0.3) is 10.9 Å². The Morgan fingerprint density at radius 3 is 2.45 bits per heavy atom. The van der Waals surface area contributed by atoms with Gasteiger partial charge in [-0.25, -0.2) is 22.0 Å². The summed E-state index contributed by atoms with van der Waals surface area (Å²) in [6.07, 6.45) is 1.93. The Labute approximate surface area is 229 Å². The number of nitrogens with one attached hydrogen (secondary N) is 1. The van der Waals surface area contributed by atoms with E-state index in [1.165, 1.54) is 17.0 Å². The van der Waals surface area contributed by atoms with E-state index in [-0.39, 0.29) is 12.4 Å². The Kier molecular flexibility index (Phi) is 7.44. The summed E-state index contributed by atoms with van der Waals surface area (Å²) in [6.45, 7) is 2.17. The van der Waals surface area contributed by atoms with Crippen LogP contribution in [0.5, 0.6) is 0 Å². The second-order valence-electron chi connectivity index (χ2n) is 10.5. The first-order chi connectivity index (χ1) is 19.1. The number of aromatic nitrogens is 1. The van der Waals surface area contributed by atoms with Crippen molar-refractivity contribution in [2.24, 2.45) is 0 Å². The standard InChI is InChI=1S/C31H30F5N3O/c1-4-31(38(2)3,18-8-7-9-19(32)16-18)14-12-25-29-21(20-10-5-6-11-24(20)37-29)13-15-39(25)30(40)22-17-23(33)27(35)28(36)26(22)34/h5-11,16-17,25,37H,4,12-15H2,1-3H3. The summed E-state index contributed by atoms with van der Waals surface area (Å²) in [5.74, 6) is -8.63. The van der Waals surface area contributed by atoms with Crippen LogP contribution in [-0.2, 0) is 12.0 Å². The maximum atomic E-state index is 14.8. The van der Waals surface area contributed by atoms with E-state index < -0.39 is 46.3 Å². The Hall–Kier alpha value is -3.72. The lowest BCUT2D eigenvalue weighted by atomic mass is 9.79. The van der Waals surface area contributed by atoms with Crippen molar-refractivity contribution in [1.82, 2.24) is 14.8 Å². The van der Waals surface area contributed by atoms with Crippen molar-refractivity contribution in [2.75, 3.05) is 20.6 Å². The van der Waals surface area contributed by atoms with Gasteiger partial charge >= 0.3 is 0 Å². The molecule has 1 aliphatic heterocycles. The number of benzene rings is 3. The number of para-hydroxylation sites is 1. The molecule has 0 spiro atoms. The predicted octanol–water partition coefficient (Wildman–Crippen LogP) is 7.25. The van der Waals surface area contributed by atoms with Gasteiger partial charge in [0.1, 0.15) is 5.82 Å². The number of carbonyl (C=O) groups excluding carboxylic acids is 1. The fourth-order valence-electron chi connectivity index (χ4n) is 6.22. The fourth-order valence-corrected chi connectivity index (χ4v) is 6.22. The van der Waals surface area contributed by atoms with E-state index in [4.69, 9.17) is 0 Å². The summed E-state index contributed by atoms with van der Waals surface area (Å²) < 4.78 is 70.9. The van der Waals surface area contributed by atoms with Gasteiger partial charge in [0.2, 0.25) is 0 Å². The van der Waals surface area contributed by atoms with Crippen molar-refractivity contribution in [2.45, 2.75) is 44.2 Å². The zero-order chi connectivity index (χ0) is 28.8. The topological polar surface area (TPSA) is 39.3 Å². The van der Waals surface area contributed by atoms with E-state index in [1.807, 2.05) is 56.3 Å². The molecule has 5 rings (SSSR count). The van der Waals surface area contributed by atoms with Crippen LogP contribution in [0.15, 0.2) is 54.6 Å². The Morgan fingerprint density at radius 1 is 1.00 bits per heavy atom. The molecule has 210 valence electrons. The summed E-state index contributed by atoms with van der Waals surface area (Å²) in [5.41, 5.74) is 1.96. The molecule has 0 saturated carbocycles. The van der Waals surface area contributed by atoms with E-state index in [2.05, 4.69) is 4.98 Å². The zero-order valence-corrected chi connectivity index (χ0v) is 22.5. The lowest BCUT2D eigenvalue weighted by Gasteiger charge is -2.43. The average Bonchev–Trinajstić information content (AvgIpc) is 3.33. The molecule has 2 atom stereocenters. The average molecular weight is 556 g/mol. The van der Waals surface area contributed by atoms with E-state index in [0.29, 0.717) is 31.7 Å². The second-order valence-corrected chi connectivity index (χ2v) is 10.5. The van der Waals surface area contributed by atoms with Crippen LogP contribution in [0.4, 0.5) is 22.0 Å². The van der Waals surface area contributed by atoms with Crippen molar-refractivity contribution in [1.29, 1.82) is 0 Å². The summed E-state index contributed by atoms with van der Waals surface area (Å²) in [7, 11) is 3.82. The highest BCUT2D eigenvalue weighted by Gasteiger charge is 2.39. The number of fused-ring (bicyclic) bond motifs is 3. The van der Waals surface area contributed by atoms with E-state index >= 15 is 0 Å². The van der Waals surface area contributed by atoms with Crippen LogP contribution in [-0.4, -0.2) is 41.3 Å². The molecule has 2 heterocycles. The largest absolute Gasteiger partial charge is 0.356 e. The van der Waals surface area contributed by atoms with Gasteiger partial charge in [-0.15, -0.1) is 0 Å². The van der Waals surface area contributed by atoms with Crippen LogP contribution < -0.4 is 0 Å². The maximum absolute atomic E-state index is 14.8. The smallest absolute Gasteiger partial charge is 0.257 e. The van der Waals surface area contributed by atoms with Gasteiger partial charge in [-0.05, 0) is 75.2 Å². The summed E-state index contributed by atoms with van der Waals surface area (Å²) in [6, 6.07) is 13.9. The first-order valence-electron chi connectivity index (χ1n) is 13.3. The van der Waals surface area contributed by atoms with Crippen LogP contribution in [0.3, 0.4) is 0 Å². The maximum Gasteiger partial charge on any atom is 0.257 e. The molecule has 1 N–H and O–H groups in total. The van der Waals surface area contributed by atoms with Crippen molar-refractivity contribution in [3.05, 3.63) is 106 Å². The molecular weight excluding hydrogens is 525 g/mol. The monoisotopic (exact) mass is 555 g/mol. The number of halogens is 5. The molecule has 2 unspecified atom stereocenters. The number of carbonyl (C=O) groups is 1. The molecule has 0 bridgehead atoms. The Bertz CT molecular complexity index is 1580. The van der Waals surface area contributed by atoms with Gasteiger partial charge in [-0.1, -0.05) is 37.3 Å². The molecule has 4 aromatic rings. The number of H-pyrrole nitrogens is 1. The van der Waals surface area contributed by atoms with E-state index in [0.717, 1.165) is 27.7 Å². The highest BCUT2D eigenvalue weighted by Crippen LogP contribution is 2.43. The molecule has 0 radical (unpaired) electrons. The van der Waals surface area contributed by atoms with Crippen molar-refractivity contribution >= 4 is 16.8 Å². The summed E-state index contributed by atoms with van der Waals surface area (Å²) in [5, 5.41) is 0.999. The molecule has 0 aliphatic carbocycles. The Morgan fingerprint density at radius 2 is 1.75 bits per heavy atom. The molecule has 3 aromatic carbocycles. The van der Waals surface area contributed by atoms with Gasteiger partial charge < -0.3 is 9.88 Å². The number of aromatic amines is 1. The van der Waals surface area contributed by atoms with Crippen LogP contribution in [0, 0.1) is 29.1 Å². The first kappa shape index (κ1) is 27.8. The number of amides is 1. The molecular formula is C31H30F5N3O. The number of hydrogen-bond acceptors (Lipinski definition) is 2. The zero-order valence-electron chi connectivity index (χ0n) is 22.5. The SMILES string of the molecule is CCC(CCC1c2[nH]c3ccccc3c2CCN1C(=O)c1cc(F)c(F)c(F)c1F)(c1cccc(F)c1)N(C)C. The van der Waals surface area contributed by atoms with Gasteiger partial charge in [-0.2, -0.15) is 0 Å². The lowest BCUT2D eigenvalue weighted by Crippen LogP contribution is -2.44. The molecule has 40 heavy (non-hydrogen) atoms. The lowest BCUT2D eigenvalue weighted by molar-refractivity contribution is 0.0585. The summed E-state index contributed by atoms with van der Waals surface area (Å²) in [4.78, 5) is 20.5. The molecule has 4 nitrogen and oxygen atoms in total. The fraction of sp³-hybridized carbons (Fsp3) is 0.323. The van der Waals surface area contributed by atoms with Crippen LogP contribution in [0.1, 0.15) is 59.4 Å². The molecule has 1 aromatic heterocycles. The minimum Gasteiger partial charge on any atom is -0.356 e. The van der Waals surface area contributed by atoms with E-state index in [1.54, 1.807) is 6.07 Å². The van der Waals surface area contributed by atoms with Gasteiger partial charge in [0.15, 0.2) is 23.3 Å². The molecule has 0 saturated heterocycles. The molecule has 1 aliphatic rings. The van der Waals surface area contributed by atoms with Gasteiger partial charge in [0.05, 0.1) is 11.6 Å². The van der Waals surface area contributed by atoms with Crippen molar-refractivity contribution < 1.29 is 26.7 Å². The molecule has 9 heteroatoms. The third-order valence-electron chi connectivity index (χ3n) is 8.39. The third-order valence-corrected chi connectivity index (χ3v) is 8.39. The molecule has 0 fully saturated rings. The number of nitrogens with zero attached hydrogens (tertiary/aromatic N) is 2. The number of rotatable bonds is 7. The number of hydrogen-bond donors (Lipinski definition) is 1. The van der Waals surface area contributed by atoms with Crippen molar-refractivity contribution in [3.63, 3.8) is 0 Å². The van der Waals surface area contributed by atoms with Gasteiger partial charge in [-0.3, -0.25) is 9.69 Å². The minimum absolute atomic E-state index is 0.166. The predicted molar refractivity (Wildman–Crippen MR) is 143 cm³/mol. The highest BCUT2D eigenvalue weighted by molar-refractivity contribution is 5.95. The normalized spacial score (nSPS) is 16.8. The van der Waals surface area contributed by atoms with Gasteiger partial charge in [0.25, 0.3) is 5.91 Å². The quantitative estimate of drug-likeness (QED) is 0.148. The van der Waals surface area contributed by atoms with Crippen LogP contribution >= 0.6 is 0 Å². The highest BCUT2D eigenvalue weighted by atomic mass is 19.2. The molecule has 1 amide bonds. The van der Waals surface area contributed by atoms with Crippen LogP contribution in [0.2, 0.25) is 0 Å².